The highest BCUT2D eigenvalue weighted by Gasteiger charge is 2.17. The van der Waals surface area contributed by atoms with Crippen molar-refractivity contribution in [2.75, 3.05) is 26.6 Å². The molecule has 0 aromatic heterocycles. The molecule has 0 aliphatic carbocycles. The molecule has 11 heteroatoms. The Hall–Kier alpha value is -5.35. The van der Waals surface area contributed by atoms with E-state index in [-0.39, 0.29) is 5.75 Å². The molecule has 2 N–H and O–H groups in total. The summed E-state index contributed by atoms with van der Waals surface area (Å²) in [7, 11) is 4.40. The lowest BCUT2D eigenvalue weighted by Gasteiger charge is -2.14. The second kappa shape index (κ2) is 13.8. The van der Waals surface area contributed by atoms with Crippen LogP contribution in [-0.2, 0) is 0 Å². The van der Waals surface area contributed by atoms with Crippen molar-refractivity contribution in [3.8, 4) is 23.0 Å². The van der Waals surface area contributed by atoms with Gasteiger partial charge in [0, 0.05) is 27.4 Å². The molecule has 10 nitrogen and oxygen atoms in total. The van der Waals surface area contributed by atoms with E-state index in [1.165, 1.54) is 51.8 Å². The van der Waals surface area contributed by atoms with Gasteiger partial charge >= 0.3 is 5.97 Å². The Kier molecular flexibility index (Phi) is 9.75. The number of hydrazone groups is 1. The van der Waals surface area contributed by atoms with Crippen LogP contribution in [0.25, 0.3) is 0 Å². The summed E-state index contributed by atoms with van der Waals surface area (Å²) in [4.78, 5) is 37.9. The Balaban J connectivity index is 1.37. The zero-order valence-corrected chi connectivity index (χ0v) is 23.6. The first-order valence-corrected chi connectivity index (χ1v) is 12.8. The van der Waals surface area contributed by atoms with Gasteiger partial charge in [-0.3, -0.25) is 9.59 Å². The van der Waals surface area contributed by atoms with Crippen LogP contribution >= 0.6 is 11.6 Å². The monoisotopic (exact) mass is 587 g/mol. The summed E-state index contributed by atoms with van der Waals surface area (Å²) < 4.78 is 21.4. The molecule has 2 amide bonds. The lowest BCUT2D eigenvalue weighted by atomic mass is 10.1. The van der Waals surface area contributed by atoms with Crippen molar-refractivity contribution in [1.82, 2.24) is 5.43 Å². The third kappa shape index (κ3) is 7.23. The Morgan fingerprint density at radius 2 is 1.33 bits per heavy atom. The summed E-state index contributed by atoms with van der Waals surface area (Å²) in [5.74, 6) is -0.127. The second-order valence-electron chi connectivity index (χ2n) is 8.58. The van der Waals surface area contributed by atoms with Gasteiger partial charge in [0.25, 0.3) is 11.8 Å². The maximum atomic E-state index is 12.8. The smallest absolute Gasteiger partial charge is 0.343 e. The second-order valence-corrected chi connectivity index (χ2v) is 9.02. The molecule has 0 radical (unpaired) electrons. The van der Waals surface area contributed by atoms with Gasteiger partial charge in [-0.15, -0.1) is 0 Å². The van der Waals surface area contributed by atoms with Gasteiger partial charge in [-0.1, -0.05) is 23.7 Å². The van der Waals surface area contributed by atoms with Gasteiger partial charge in [0.05, 0.1) is 33.1 Å². The van der Waals surface area contributed by atoms with Crippen LogP contribution in [0.5, 0.6) is 23.0 Å². The molecule has 214 valence electrons. The first-order valence-electron chi connectivity index (χ1n) is 12.4. The largest absolute Gasteiger partial charge is 0.493 e. The van der Waals surface area contributed by atoms with Crippen molar-refractivity contribution in [3.05, 3.63) is 112 Å². The maximum Gasteiger partial charge on any atom is 0.343 e. The number of esters is 1. The highest BCUT2D eigenvalue weighted by Crippen LogP contribution is 2.38. The summed E-state index contributed by atoms with van der Waals surface area (Å²) in [6.07, 6.45) is 1.37. The Morgan fingerprint density at radius 3 is 1.95 bits per heavy atom. The van der Waals surface area contributed by atoms with E-state index >= 15 is 0 Å². The quantitative estimate of drug-likeness (QED) is 0.107. The third-order valence-electron chi connectivity index (χ3n) is 5.90. The van der Waals surface area contributed by atoms with Gasteiger partial charge in [-0.2, -0.15) is 5.10 Å². The number of amides is 2. The maximum absolute atomic E-state index is 12.8. The summed E-state index contributed by atoms with van der Waals surface area (Å²) >= 11 is 5.87. The molecule has 0 atom stereocenters. The lowest BCUT2D eigenvalue weighted by molar-refractivity contribution is 0.0734. The van der Waals surface area contributed by atoms with E-state index in [4.69, 9.17) is 30.5 Å². The van der Waals surface area contributed by atoms with Crippen LogP contribution in [-0.4, -0.2) is 45.3 Å². The van der Waals surface area contributed by atoms with E-state index in [0.717, 1.165) is 0 Å². The van der Waals surface area contributed by atoms with Crippen LogP contribution in [0.1, 0.15) is 36.6 Å². The zero-order chi connectivity index (χ0) is 30.1. The number of methoxy groups -OCH3 is 3. The van der Waals surface area contributed by atoms with Crippen LogP contribution < -0.4 is 29.7 Å². The minimum absolute atomic E-state index is 0.266. The first-order chi connectivity index (χ1) is 20.3. The number of hydrogen-bond donors (Lipinski definition) is 2. The van der Waals surface area contributed by atoms with Gasteiger partial charge in [0.1, 0.15) is 5.75 Å². The number of carbonyl (C=O) groups excluding carboxylic acids is 3. The van der Waals surface area contributed by atoms with Crippen molar-refractivity contribution in [1.29, 1.82) is 0 Å². The number of nitrogens with zero attached hydrogens (tertiary/aromatic N) is 1. The molecule has 0 spiro atoms. The van der Waals surface area contributed by atoms with Crippen molar-refractivity contribution in [2.45, 2.75) is 0 Å². The average molecular weight is 588 g/mol. The van der Waals surface area contributed by atoms with Gasteiger partial charge in [-0.25, -0.2) is 10.2 Å². The van der Waals surface area contributed by atoms with E-state index in [0.29, 0.717) is 50.2 Å². The minimum Gasteiger partial charge on any atom is -0.493 e. The van der Waals surface area contributed by atoms with Crippen LogP contribution in [0, 0.1) is 0 Å². The predicted molar refractivity (Wildman–Crippen MR) is 158 cm³/mol. The number of benzene rings is 4. The van der Waals surface area contributed by atoms with E-state index in [1.54, 1.807) is 60.7 Å². The number of rotatable bonds is 10. The molecule has 4 rings (SSSR count). The first kappa shape index (κ1) is 29.6. The molecule has 0 saturated carbocycles. The van der Waals surface area contributed by atoms with Crippen LogP contribution in [0.2, 0.25) is 5.02 Å². The fourth-order valence-electron chi connectivity index (χ4n) is 3.77. The summed E-state index contributed by atoms with van der Waals surface area (Å²) in [6, 6.07) is 22.4. The Labute approximate surface area is 246 Å². The molecule has 42 heavy (non-hydrogen) atoms. The fourth-order valence-corrected chi connectivity index (χ4v) is 3.90. The van der Waals surface area contributed by atoms with Crippen molar-refractivity contribution >= 4 is 41.3 Å². The summed E-state index contributed by atoms with van der Waals surface area (Å²) in [5, 5.41) is 7.26. The fraction of sp³-hybridized carbons (Fsp3) is 0.0968. The lowest BCUT2D eigenvalue weighted by Crippen LogP contribution is -2.18. The molecular weight excluding hydrogens is 562 g/mol. The number of para-hydroxylation sites is 1. The molecule has 0 heterocycles. The highest BCUT2D eigenvalue weighted by atomic mass is 35.5. The van der Waals surface area contributed by atoms with Gasteiger partial charge in [0.2, 0.25) is 5.75 Å². The topological polar surface area (TPSA) is 125 Å². The van der Waals surface area contributed by atoms with Crippen molar-refractivity contribution < 1.29 is 33.3 Å². The SMILES string of the molecule is COc1cc(C(=O)Nc2ccc(C(=O)N/N=C\c3ccccc3OC(=O)c3ccc(Cl)cc3)cc2)cc(OC)c1OC. The number of ether oxygens (including phenoxy) is 4. The van der Waals surface area contributed by atoms with Crippen molar-refractivity contribution in [2.24, 2.45) is 5.10 Å². The van der Waals surface area contributed by atoms with E-state index in [9.17, 15) is 14.4 Å². The van der Waals surface area contributed by atoms with E-state index < -0.39 is 17.8 Å². The third-order valence-corrected chi connectivity index (χ3v) is 6.16. The van der Waals surface area contributed by atoms with E-state index in [2.05, 4.69) is 15.8 Å². The Morgan fingerprint density at radius 1 is 0.714 bits per heavy atom. The standard InChI is InChI=1S/C31H26ClN3O7/c1-39-26-16-22(17-27(40-2)28(26)41-3)29(36)34-24-14-10-19(11-15-24)30(37)35-33-18-21-6-4-5-7-25(21)42-31(38)20-8-12-23(32)13-9-20/h4-18H,1-3H3,(H,34,36)(H,35,37)/b33-18-. The molecular formula is C31H26ClN3O7. The van der Waals surface area contributed by atoms with Gasteiger partial charge < -0.3 is 24.3 Å². The predicted octanol–water partition coefficient (Wildman–Crippen LogP) is 5.60. The number of hydrogen-bond acceptors (Lipinski definition) is 8. The average Bonchev–Trinajstić information content (AvgIpc) is 3.01. The minimum atomic E-state index is -0.561. The molecule has 0 saturated heterocycles. The van der Waals surface area contributed by atoms with Gasteiger partial charge in [-0.05, 0) is 72.8 Å². The number of anilines is 1. The summed E-state index contributed by atoms with van der Waals surface area (Å²) in [5.41, 5.74) is 4.31. The molecule has 0 unspecified atom stereocenters. The highest BCUT2D eigenvalue weighted by molar-refractivity contribution is 6.30. The normalized spacial score (nSPS) is 10.6. The number of halogens is 1. The van der Waals surface area contributed by atoms with Crippen molar-refractivity contribution in [3.63, 3.8) is 0 Å². The summed E-state index contributed by atoms with van der Waals surface area (Å²) in [6.45, 7) is 0. The molecule has 0 bridgehead atoms. The molecule has 4 aromatic carbocycles. The number of nitrogens with one attached hydrogen (secondary N) is 2. The zero-order valence-electron chi connectivity index (χ0n) is 22.8. The van der Waals surface area contributed by atoms with Crippen LogP contribution in [0.4, 0.5) is 5.69 Å². The molecule has 0 fully saturated rings. The Bertz CT molecular complexity index is 1600. The molecule has 0 aliphatic heterocycles. The molecule has 4 aromatic rings. The number of carbonyl (C=O) groups is 3. The van der Waals surface area contributed by atoms with E-state index in [1.807, 2.05) is 0 Å². The molecule has 0 aliphatic rings. The van der Waals surface area contributed by atoms with Gasteiger partial charge in [0.15, 0.2) is 11.5 Å². The van der Waals surface area contributed by atoms with Crippen LogP contribution in [0.3, 0.4) is 0 Å². The van der Waals surface area contributed by atoms with Crippen LogP contribution in [0.15, 0.2) is 90.0 Å².